The fraction of sp³-hybridized carbons (Fsp3) is 0.381. The van der Waals surface area contributed by atoms with Crippen LogP contribution in [0.5, 0.6) is 0 Å². The number of hydrogen-bond donors (Lipinski definition) is 2. The SMILES string of the molecule is CC1CC(=Nc2cc(N3CCN(C)CC3)nc(/C=C/c3ccc(Br)cc3)n2)NN1. The Balaban J connectivity index is 1.63. The number of rotatable bonds is 4. The van der Waals surface area contributed by atoms with Crippen LogP contribution in [0.25, 0.3) is 12.2 Å². The number of likely N-dealkylation sites (N-methyl/N-ethyl adjacent to an activating group) is 1. The van der Waals surface area contributed by atoms with Gasteiger partial charge in [0.15, 0.2) is 11.6 Å². The van der Waals surface area contributed by atoms with Gasteiger partial charge in [-0.2, -0.15) is 0 Å². The van der Waals surface area contributed by atoms with E-state index in [2.05, 4.69) is 67.7 Å². The lowest BCUT2D eigenvalue weighted by atomic mass is 10.2. The smallest absolute Gasteiger partial charge is 0.160 e. The molecule has 2 saturated heterocycles. The molecule has 0 spiro atoms. The molecule has 152 valence electrons. The van der Waals surface area contributed by atoms with Crippen LogP contribution < -0.4 is 15.8 Å². The number of amidine groups is 1. The molecule has 8 heteroatoms. The van der Waals surface area contributed by atoms with E-state index >= 15 is 0 Å². The molecule has 2 fully saturated rings. The summed E-state index contributed by atoms with van der Waals surface area (Å²) in [6, 6.07) is 10.5. The highest BCUT2D eigenvalue weighted by atomic mass is 79.9. The summed E-state index contributed by atoms with van der Waals surface area (Å²) < 4.78 is 1.06. The molecule has 2 N–H and O–H groups in total. The molecule has 1 atom stereocenters. The number of halogens is 1. The molecule has 0 radical (unpaired) electrons. The van der Waals surface area contributed by atoms with Crippen molar-refractivity contribution in [2.75, 3.05) is 38.1 Å². The van der Waals surface area contributed by atoms with E-state index in [-0.39, 0.29) is 0 Å². The van der Waals surface area contributed by atoms with Gasteiger partial charge in [0.05, 0.1) is 0 Å². The van der Waals surface area contributed by atoms with Gasteiger partial charge in [0, 0.05) is 49.2 Å². The normalized spacial score (nSPS) is 21.8. The van der Waals surface area contributed by atoms with Gasteiger partial charge >= 0.3 is 0 Å². The Morgan fingerprint density at radius 3 is 2.55 bits per heavy atom. The summed E-state index contributed by atoms with van der Waals surface area (Å²) in [5.41, 5.74) is 7.42. The number of aliphatic imine (C=N–C) groups is 1. The number of piperazine rings is 1. The van der Waals surface area contributed by atoms with Gasteiger partial charge in [0.1, 0.15) is 11.7 Å². The van der Waals surface area contributed by atoms with Gasteiger partial charge in [-0.1, -0.05) is 34.1 Å². The Labute approximate surface area is 180 Å². The van der Waals surface area contributed by atoms with Gasteiger partial charge in [0.25, 0.3) is 0 Å². The first-order valence-corrected chi connectivity index (χ1v) is 10.7. The molecule has 7 nitrogen and oxygen atoms in total. The molecule has 0 bridgehead atoms. The molecule has 3 heterocycles. The highest BCUT2D eigenvalue weighted by Gasteiger charge is 2.18. The molecule has 1 aromatic carbocycles. The Bertz CT molecular complexity index is 902. The molecule has 0 amide bonds. The van der Waals surface area contributed by atoms with Crippen molar-refractivity contribution in [3.63, 3.8) is 0 Å². The van der Waals surface area contributed by atoms with E-state index in [1.54, 1.807) is 0 Å². The quantitative estimate of drug-likeness (QED) is 0.737. The summed E-state index contributed by atoms with van der Waals surface area (Å²) in [6.07, 6.45) is 4.84. The number of nitrogens with zero attached hydrogens (tertiary/aromatic N) is 5. The van der Waals surface area contributed by atoms with E-state index in [0.717, 1.165) is 54.3 Å². The number of hydrazine groups is 1. The number of nitrogens with one attached hydrogen (secondary N) is 2. The highest BCUT2D eigenvalue weighted by molar-refractivity contribution is 9.10. The van der Waals surface area contributed by atoms with Crippen LogP contribution in [0.15, 0.2) is 39.8 Å². The minimum atomic E-state index is 0.365. The molecule has 2 aromatic rings. The zero-order valence-corrected chi connectivity index (χ0v) is 18.4. The summed E-state index contributed by atoms with van der Waals surface area (Å²) in [6.45, 7) is 6.09. The van der Waals surface area contributed by atoms with E-state index < -0.39 is 0 Å². The average molecular weight is 456 g/mol. The van der Waals surface area contributed by atoms with Crippen LogP contribution in [0.1, 0.15) is 24.7 Å². The van der Waals surface area contributed by atoms with Crippen LogP contribution in [0.4, 0.5) is 11.6 Å². The van der Waals surface area contributed by atoms with Gasteiger partial charge in [-0.15, -0.1) is 0 Å². The van der Waals surface area contributed by atoms with Crippen molar-refractivity contribution >= 4 is 45.6 Å². The van der Waals surface area contributed by atoms with E-state index in [1.807, 2.05) is 30.4 Å². The van der Waals surface area contributed by atoms with Gasteiger partial charge in [-0.05, 0) is 37.7 Å². The minimum absolute atomic E-state index is 0.365. The molecule has 2 aliphatic heterocycles. The largest absolute Gasteiger partial charge is 0.354 e. The number of aromatic nitrogens is 2. The van der Waals surface area contributed by atoms with Crippen molar-refractivity contribution in [2.45, 2.75) is 19.4 Å². The first kappa shape index (κ1) is 20.0. The Kier molecular flexibility index (Phi) is 6.22. The molecule has 1 unspecified atom stereocenters. The standard InChI is InChI=1S/C21H26BrN7/c1-15-13-20(27-26-15)24-19-14-21(29-11-9-28(2)10-12-29)25-18(23-19)8-5-16-3-6-17(22)7-4-16/h3-8,14-15,26H,9-13H2,1-2H3,(H,23,24,25,27)/b8-5+. The third-order valence-corrected chi connectivity index (χ3v) is 5.58. The maximum atomic E-state index is 4.80. The predicted octanol–water partition coefficient (Wildman–Crippen LogP) is 3.08. The Morgan fingerprint density at radius 1 is 1.10 bits per heavy atom. The second kappa shape index (κ2) is 9.02. The van der Waals surface area contributed by atoms with Crippen molar-refractivity contribution in [2.24, 2.45) is 4.99 Å². The summed E-state index contributed by atoms with van der Waals surface area (Å²) in [5, 5.41) is 0. The first-order valence-electron chi connectivity index (χ1n) is 9.90. The van der Waals surface area contributed by atoms with Crippen LogP contribution in [-0.4, -0.2) is 60.0 Å². The van der Waals surface area contributed by atoms with Crippen molar-refractivity contribution in [3.05, 3.63) is 46.2 Å². The number of hydrogen-bond acceptors (Lipinski definition) is 6. The van der Waals surface area contributed by atoms with Gasteiger partial charge < -0.3 is 15.2 Å². The third kappa shape index (κ3) is 5.41. The van der Waals surface area contributed by atoms with Crippen LogP contribution in [0, 0.1) is 0 Å². The fourth-order valence-electron chi connectivity index (χ4n) is 3.32. The second-order valence-corrected chi connectivity index (χ2v) is 8.47. The molecular weight excluding hydrogens is 430 g/mol. The van der Waals surface area contributed by atoms with Crippen LogP contribution in [-0.2, 0) is 0 Å². The lowest BCUT2D eigenvalue weighted by Gasteiger charge is -2.33. The molecule has 4 rings (SSSR count). The summed E-state index contributed by atoms with van der Waals surface area (Å²) >= 11 is 3.47. The van der Waals surface area contributed by atoms with E-state index in [9.17, 15) is 0 Å². The maximum absolute atomic E-state index is 4.80. The maximum Gasteiger partial charge on any atom is 0.160 e. The molecule has 29 heavy (non-hydrogen) atoms. The van der Waals surface area contributed by atoms with E-state index in [4.69, 9.17) is 9.98 Å². The van der Waals surface area contributed by atoms with Crippen molar-refractivity contribution in [3.8, 4) is 0 Å². The number of anilines is 1. The fourth-order valence-corrected chi connectivity index (χ4v) is 3.59. The molecule has 2 aliphatic rings. The summed E-state index contributed by atoms with van der Waals surface area (Å²) in [7, 11) is 2.15. The monoisotopic (exact) mass is 455 g/mol. The van der Waals surface area contributed by atoms with E-state index in [1.165, 1.54) is 0 Å². The number of benzene rings is 1. The summed E-state index contributed by atoms with van der Waals surface area (Å²) in [4.78, 5) is 18.8. The van der Waals surface area contributed by atoms with E-state index in [0.29, 0.717) is 17.7 Å². The highest BCUT2D eigenvalue weighted by Crippen LogP contribution is 2.22. The minimum Gasteiger partial charge on any atom is -0.354 e. The third-order valence-electron chi connectivity index (χ3n) is 5.05. The van der Waals surface area contributed by atoms with Gasteiger partial charge in [0.2, 0.25) is 0 Å². The second-order valence-electron chi connectivity index (χ2n) is 7.55. The van der Waals surface area contributed by atoms with Gasteiger partial charge in [-0.25, -0.2) is 20.4 Å². The molecule has 0 aliphatic carbocycles. The van der Waals surface area contributed by atoms with Crippen molar-refractivity contribution in [1.29, 1.82) is 0 Å². The predicted molar refractivity (Wildman–Crippen MR) is 122 cm³/mol. The Hall–Kier alpha value is -2.29. The van der Waals surface area contributed by atoms with Crippen molar-refractivity contribution < 1.29 is 0 Å². The first-order chi connectivity index (χ1) is 14.0. The Morgan fingerprint density at radius 2 is 1.86 bits per heavy atom. The topological polar surface area (TPSA) is 68.7 Å². The van der Waals surface area contributed by atoms with Crippen molar-refractivity contribution in [1.82, 2.24) is 25.7 Å². The van der Waals surface area contributed by atoms with Crippen LogP contribution in [0.3, 0.4) is 0 Å². The lowest BCUT2D eigenvalue weighted by molar-refractivity contribution is 0.312. The molecule has 1 aromatic heterocycles. The lowest BCUT2D eigenvalue weighted by Crippen LogP contribution is -2.44. The van der Waals surface area contributed by atoms with Gasteiger partial charge in [-0.3, -0.25) is 0 Å². The zero-order chi connectivity index (χ0) is 20.2. The van der Waals surface area contributed by atoms with Crippen LogP contribution in [0.2, 0.25) is 0 Å². The van der Waals surface area contributed by atoms with Crippen LogP contribution >= 0.6 is 15.9 Å². The summed E-state index contributed by atoms with van der Waals surface area (Å²) in [5.74, 6) is 3.19. The molecule has 0 saturated carbocycles. The zero-order valence-electron chi connectivity index (χ0n) is 16.8. The molecular formula is C21H26BrN7. The average Bonchev–Trinajstić information content (AvgIpc) is 3.12.